The van der Waals surface area contributed by atoms with Crippen molar-refractivity contribution in [2.24, 2.45) is 11.1 Å². The molecule has 1 aromatic rings. The summed E-state index contributed by atoms with van der Waals surface area (Å²) in [6.07, 6.45) is 2.39. The lowest BCUT2D eigenvalue weighted by atomic mass is 9.93. The third-order valence-electron chi connectivity index (χ3n) is 3.86. The smallest absolute Gasteiger partial charge is 0.274 e. The number of carbonyl (C=O) groups excluding carboxylic acids is 1. The van der Waals surface area contributed by atoms with Crippen LogP contribution in [0.4, 0.5) is 5.82 Å². The Morgan fingerprint density at radius 3 is 2.35 bits per heavy atom. The molecule has 0 atom stereocenters. The fourth-order valence-electron chi connectivity index (χ4n) is 2.53. The Morgan fingerprint density at radius 2 is 1.87 bits per heavy atom. The highest BCUT2D eigenvalue weighted by Gasteiger charge is 2.23. The number of halogens is 2. The first-order valence-electron chi connectivity index (χ1n) is 7.47. The van der Waals surface area contributed by atoms with Gasteiger partial charge in [-0.25, -0.2) is 0 Å². The van der Waals surface area contributed by atoms with E-state index >= 15 is 0 Å². The fourth-order valence-corrected chi connectivity index (χ4v) is 2.53. The van der Waals surface area contributed by atoms with E-state index in [0.29, 0.717) is 18.8 Å². The highest BCUT2D eigenvalue weighted by molar-refractivity contribution is 5.92. The van der Waals surface area contributed by atoms with Gasteiger partial charge in [0.1, 0.15) is 0 Å². The maximum Gasteiger partial charge on any atom is 0.274 e. The summed E-state index contributed by atoms with van der Waals surface area (Å²) in [6, 6.07) is 3.64. The molecule has 8 heteroatoms. The Kier molecular flexibility index (Phi) is 8.80. The van der Waals surface area contributed by atoms with Gasteiger partial charge in [-0.1, -0.05) is 13.8 Å². The Bertz CT molecular complexity index is 489. The lowest BCUT2D eigenvalue weighted by Gasteiger charge is -2.28. The molecule has 1 fully saturated rings. The quantitative estimate of drug-likeness (QED) is 0.865. The van der Waals surface area contributed by atoms with Crippen molar-refractivity contribution in [1.29, 1.82) is 0 Å². The van der Waals surface area contributed by atoms with Gasteiger partial charge >= 0.3 is 0 Å². The number of nitrogens with two attached hydrogens (primary N) is 1. The van der Waals surface area contributed by atoms with Crippen LogP contribution >= 0.6 is 24.8 Å². The molecule has 1 saturated heterocycles. The zero-order valence-electron chi connectivity index (χ0n) is 14.0. The SMILES string of the molecule is CN(CC(C)(C)CN)C(=O)c1ccc(N2CCCC2)nn1.Cl.Cl. The summed E-state index contributed by atoms with van der Waals surface area (Å²) in [5.74, 6) is 0.742. The number of hydrogen-bond acceptors (Lipinski definition) is 5. The Hall–Kier alpha value is -1.11. The van der Waals surface area contributed by atoms with Crippen LogP contribution in [0.2, 0.25) is 0 Å². The van der Waals surface area contributed by atoms with E-state index in [2.05, 4.69) is 15.1 Å². The lowest BCUT2D eigenvalue weighted by molar-refractivity contribution is 0.0733. The highest BCUT2D eigenvalue weighted by atomic mass is 35.5. The van der Waals surface area contributed by atoms with Crippen molar-refractivity contribution >= 4 is 36.5 Å². The van der Waals surface area contributed by atoms with Crippen LogP contribution in [0.1, 0.15) is 37.2 Å². The van der Waals surface area contributed by atoms with Gasteiger partial charge in [0.25, 0.3) is 5.91 Å². The fraction of sp³-hybridized carbons (Fsp3) is 0.667. The number of amides is 1. The number of carbonyl (C=O) groups is 1. The Morgan fingerprint density at radius 1 is 1.26 bits per heavy atom. The molecule has 6 nitrogen and oxygen atoms in total. The second kappa shape index (κ2) is 9.25. The molecule has 2 rings (SSSR count). The first-order valence-corrected chi connectivity index (χ1v) is 7.47. The van der Waals surface area contributed by atoms with Gasteiger partial charge in [-0.2, -0.15) is 0 Å². The zero-order valence-corrected chi connectivity index (χ0v) is 15.6. The van der Waals surface area contributed by atoms with Gasteiger partial charge in [0.2, 0.25) is 0 Å². The van der Waals surface area contributed by atoms with Crippen molar-refractivity contribution in [2.45, 2.75) is 26.7 Å². The largest absolute Gasteiger partial charge is 0.355 e. The minimum absolute atomic E-state index is 0. The predicted molar refractivity (Wildman–Crippen MR) is 97.8 cm³/mol. The molecule has 2 heterocycles. The molecule has 1 aliphatic heterocycles. The summed E-state index contributed by atoms with van der Waals surface area (Å²) in [4.78, 5) is 16.2. The third kappa shape index (κ3) is 5.79. The van der Waals surface area contributed by atoms with E-state index in [1.54, 1.807) is 18.0 Å². The molecular formula is C15H27Cl2N5O. The minimum atomic E-state index is -0.114. The Labute approximate surface area is 150 Å². The average Bonchev–Trinajstić information content (AvgIpc) is 3.00. The van der Waals surface area contributed by atoms with Gasteiger partial charge < -0.3 is 15.5 Å². The first kappa shape index (κ1) is 21.9. The minimum Gasteiger partial charge on any atom is -0.355 e. The van der Waals surface area contributed by atoms with Gasteiger partial charge in [-0.3, -0.25) is 4.79 Å². The van der Waals surface area contributed by atoms with Crippen LogP contribution in [-0.4, -0.2) is 54.2 Å². The second-order valence-corrected chi connectivity index (χ2v) is 6.50. The normalized spacial score (nSPS) is 14.0. The van der Waals surface area contributed by atoms with Crippen LogP contribution in [0.3, 0.4) is 0 Å². The summed E-state index contributed by atoms with van der Waals surface area (Å²) in [5, 5.41) is 8.27. The first-order chi connectivity index (χ1) is 9.93. The topological polar surface area (TPSA) is 75.3 Å². The van der Waals surface area contributed by atoms with E-state index in [-0.39, 0.29) is 36.1 Å². The number of anilines is 1. The summed E-state index contributed by atoms with van der Waals surface area (Å²) >= 11 is 0. The number of aromatic nitrogens is 2. The predicted octanol–water partition coefficient (Wildman–Crippen LogP) is 1.98. The molecule has 0 saturated carbocycles. The maximum absolute atomic E-state index is 12.3. The van der Waals surface area contributed by atoms with E-state index < -0.39 is 0 Å². The second-order valence-electron chi connectivity index (χ2n) is 6.50. The molecule has 0 unspecified atom stereocenters. The zero-order chi connectivity index (χ0) is 15.5. The summed E-state index contributed by atoms with van der Waals surface area (Å²) in [6.45, 7) is 7.25. The van der Waals surface area contributed by atoms with Crippen LogP contribution in [-0.2, 0) is 0 Å². The average molecular weight is 364 g/mol. The van der Waals surface area contributed by atoms with Gasteiger partial charge in [-0.05, 0) is 36.9 Å². The van der Waals surface area contributed by atoms with E-state index in [4.69, 9.17) is 5.73 Å². The number of rotatable bonds is 5. The van der Waals surface area contributed by atoms with Crippen LogP contribution in [0.25, 0.3) is 0 Å². The lowest BCUT2D eigenvalue weighted by Crippen LogP contribution is -2.40. The van der Waals surface area contributed by atoms with Crippen molar-refractivity contribution in [3.05, 3.63) is 17.8 Å². The molecule has 0 bridgehead atoms. The molecule has 1 aromatic heterocycles. The summed E-state index contributed by atoms with van der Waals surface area (Å²) < 4.78 is 0. The van der Waals surface area contributed by atoms with E-state index in [1.165, 1.54) is 12.8 Å². The van der Waals surface area contributed by atoms with Crippen molar-refractivity contribution in [3.8, 4) is 0 Å². The molecule has 0 aliphatic carbocycles. The molecule has 1 amide bonds. The third-order valence-corrected chi connectivity index (χ3v) is 3.86. The summed E-state index contributed by atoms with van der Waals surface area (Å²) in [5.41, 5.74) is 5.99. The van der Waals surface area contributed by atoms with E-state index in [0.717, 1.165) is 18.9 Å². The summed E-state index contributed by atoms with van der Waals surface area (Å²) in [7, 11) is 1.77. The van der Waals surface area contributed by atoms with Gasteiger partial charge in [-0.15, -0.1) is 35.0 Å². The van der Waals surface area contributed by atoms with Crippen LogP contribution < -0.4 is 10.6 Å². The standard InChI is InChI=1S/C15H25N5O.2ClH/c1-15(2,10-16)11-19(3)14(21)12-6-7-13(18-17-12)20-8-4-5-9-20;;/h6-7H,4-5,8-11,16H2,1-3H3;2*1H. The van der Waals surface area contributed by atoms with Crippen LogP contribution in [0, 0.1) is 5.41 Å². The molecule has 132 valence electrons. The molecule has 23 heavy (non-hydrogen) atoms. The van der Waals surface area contributed by atoms with Crippen molar-refractivity contribution in [2.75, 3.05) is 38.1 Å². The van der Waals surface area contributed by atoms with Gasteiger partial charge in [0.05, 0.1) is 0 Å². The Balaban J connectivity index is 0.00000242. The van der Waals surface area contributed by atoms with Gasteiger partial charge in [0, 0.05) is 26.7 Å². The number of nitrogens with zero attached hydrogens (tertiary/aromatic N) is 4. The number of hydrogen-bond donors (Lipinski definition) is 1. The van der Waals surface area contributed by atoms with Crippen LogP contribution in [0.15, 0.2) is 12.1 Å². The van der Waals surface area contributed by atoms with E-state index in [9.17, 15) is 4.79 Å². The molecule has 1 aliphatic rings. The van der Waals surface area contributed by atoms with Gasteiger partial charge in [0.15, 0.2) is 11.5 Å². The maximum atomic E-state index is 12.3. The highest BCUT2D eigenvalue weighted by Crippen LogP contribution is 2.18. The van der Waals surface area contributed by atoms with Crippen molar-refractivity contribution < 1.29 is 4.79 Å². The monoisotopic (exact) mass is 363 g/mol. The molecule has 0 aromatic carbocycles. The molecule has 2 N–H and O–H groups in total. The van der Waals surface area contributed by atoms with Crippen molar-refractivity contribution in [1.82, 2.24) is 15.1 Å². The van der Waals surface area contributed by atoms with Crippen molar-refractivity contribution in [3.63, 3.8) is 0 Å². The molecule has 0 radical (unpaired) electrons. The van der Waals surface area contributed by atoms with Crippen LogP contribution in [0.5, 0.6) is 0 Å². The molecular weight excluding hydrogens is 337 g/mol. The van der Waals surface area contributed by atoms with E-state index in [1.807, 2.05) is 19.9 Å². The molecule has 0 spiro atoms.